The molecule has 1 aliphatic heterocycles. The number of rotatable bonds is 3. The van der Waals surface area contributed by atoms with Gasteiger partial charge in [0.15, 0.2) is 0 Å². The molecule has 2 heterocycles. The lowest BCUT2D eigenvalue weighted by atomic mass is 10.1. The minimum absolute atomic E-state index is 0.148. The predicted molar refractivity (Wildman–Crippen MR) is 75.7 cm³/mol. The summed E-state index contributed by atoms with van der Waals surface area (Å²) in [5.74, 6) is 3.53. The molecule has 0 spiro atoms. The van der Waals surface area contributed by atoms with E-state index < -0.39 is 0 Å². The first kappa shape index (κ1) is 12.7. The molecule has 0 atom stereocenters. The van der Waals surface area contributed by atoms with Gasteiger partial charge in [0.1, 0.15) is 17.5 Å². The third-order valence-electron chi connectivity index (χ3n) is 4.08. The predicted octanol–water partition coefficient (Wildman–Crippen LogP) is 1.67. The number of aromatic nitrogens is 2. The minimum atomic E-state index is -0.148. The molecule has 0 amide bonds. The first-order chi connectivity index (χ1) is 9.19. The largest absolute Gasteiger partial charge is 0.393 e. The Balaban J connectivity index is 1.92. The van der Waals surface area contributed by atoms with Crippen molar-refractivity contribution >= 4 is 11.6 Å². The Hall–Kier alpha value is -1.36. The molecule has 1 aromatic rings. The Morgan fingerprint density at radius 1 is 1.16 bits per heavy atom. The van der Waals surface area contributed by atoms with Gasteiger partial charge in [-0.2, -0.15) is 0 Å². The fraction of sp³-hybridized carbons (Fsp3) is 0.714. The lowest BCUT2D eigenvalue weighted by Crippen LogP contribution is -2.37. The number of nitrogens with one attached hydrogen (secondary N) is 1. The Labute approximate surface area is 114 Å². The van der Waals surface area contributed by atoms with E-state index in [2.05, 4.69) is 22.1 Å². The summed E-state index contributed by atoms with van der Waals surface area (Å²) in [4.78, 5) is 11.7. The van der Waals surface area contributed by atoms with Crippen molar-refractivity contribution < 1.29 is 5.11 Å². The van der Waals surface area contributed by atoms with E-state index in [0.29, 0.717) is 5.92 Å². The molecule has 1 aromatic heterocycles. The highest BCUT2D eigenvalue weighted by atomic mass is 16.3. The molecule has 2 fully saturated rings. The topological polar surface area (TPSA) is 61.3 Å². The van der Waals surface area contributed by atoms with E-state index in [1.165, 1.54) is 12.8 Å². The third-order valence-corrected chi connectivity index (χ3v) is 4.08. The van der Waals surface area contributed by atoms with E-state index in [0.717, 1.165) is 49.0 Å². The Morgan fingerprint density at radius 3 is 2.42 bits per heavy atom. The molecule has 0 radical (unpaired) electrons. The average Bonchev–Trinajstić information content (AvgIpc) is 3.25. The summed E-state index contributed by atoms with van der Waals surface area (Å²) in [6.45, 7) is 3.83. The van der Waals surface area contributed by atoms with E-state index in [-0.39, 0.29) is 6.10 Å². The summed E-state index contributed by atoms with van der Waals surface area (Å²) in [5.41, 5.74) is 1.11. The molecular formula is C14H22N4O. The molecule has 3 rings (SSSR count). The van der Waals surface area contributed by atoms with E-state index in [4.69, 9.17) is 4.98 Å². The fourth-order valence-electron chi connectivity index (χ4n) is 2.67. The van der Waals surface area contributed by atoms with Gasteiger partial charge in [0.05, 0.1) is 6.10 Å². The highest BCUT2D eigenvalue weighted by molar-refractivity contribution is 5.59. The molecule has 1 aliphatic carbocycles. The van der Waals surface area contributed by atoms with Crippen LogP contribution in [0.25, 0.3) is 0 Å². The van der Waals surface area contributed by atoms with Gasteiger partial charge in [0.2, 0.25) is 0 Å². The van der Waals surface area contributed by atoms with Crippen LogP contribution >= 0.6 is 0 Å². The highest BCUT2D eigenvalue weighted by Crippen LogP contribution is 2.40. The molecule has 0 aromatic carbocycles. The molecule has 0 unspecified atom stereocenters. The molecule has 2 N–H and O–H groups in total. The standard InChI is InChI=1S/C14H22N4O/c1-9-12(15-2)16-13(10-3-4-10)17-14(9)18-7-5-11(19)6-8-18/h10-11,19H,3-8H2,1-2H3,(H,15,16,17). The second kappa shape index (κ2) is 4.96. The molecule has 2 aliphatic rings. The van der Waals surface area contributed by atoms with Crippen LogP contribution in [0.3, 0.4) is 0 Å². The van der Waals surface area contributed by atoms with Gasteiger partial charge < -0.3 is 15.3 Å². The Kier molecular flexibility index (Phi) is 3.31. The first-order valence-corrected chi connectivity index (χ1v) is 7.18. The van der Waals surface area contributed by atoms with Crippen LogP contribution in [0.5, 0.6) is 0 Å². The van der Waals surface area contributed by atoms with Gasteiger partial charge in [0.25, 0.3) is 0 Å². The molecule has 5 heteroatoms. The number of anilines is 2. The van der Waals surface area contributed by atoms with Crippen molar-refractivity contribution in [3.8, 4) is 0 Å². The molecule has 19 heavy (non-hydrogen) atoms. The zero-order valence-electron chi connectivity index (χ0n) is 11.7. The first-order valence-electron chi connectivity index (χ1n) is 7.18. The molecule has 1 saturated carbocycles. The molecule has 1 saturated heterocycles. The second-order valence-corrected chi connectivity index (χ2v) is 5.62. The summed E-state index contributed by atoms with van der Waals surface area (Å²) < 4.78 is 0. The molecular weight excluding hydrogens is 240 g/mol. The summed E-state index contributed by atoms with van der Waals surface area (Å²) in [5, 5.41) is 12.8. The monoisotopic (exact) mass is 262 g/mol. The maximum atomic E-state index is 9.62. The Morgan fingerprint density at radius 2 is 1.84 bits per heavy atom. The maximum Gasteiger partial charge on any atom is 0.137 e. The number of hydrogen-bond donors (Lipinski definition) is 2. The minimum Gasteiger partial charge on any atom is -0.393 e. The van der Waals surface area contributed by atoms with Gasteiger partial charge in [-0.15, -0.1) is 0 Å². The summed E-state index contributed by atoms with van der Waals surface area (Å²) in [6, 6.07) is 0. The number of hydrogen-bond acceptors (Lipinski definition) is 5. The molecule has 5 nitrogen and oxygen atoms in total. The fourth-order valence-corrected chi connectivity index (χ4v) is 2.67. The van der Waals surface area contributed by atoms with Crippen molar-refractivity contribution in [1.29, 1.82) is 0 Å². The quantitative estimate of drug-likeness (QED) is 0.867. The van der Waals surface area contributed by atoms with Crippen molar-refractivity contribution in [3.63, 3.8) is 0 Å². The number of piperidine rings is 1. The van der Waals surface area contributed by atoms with E-state index in [1.807, 2.05) is 7.05 Å². The van der Waals surface area contributed by atoms with Crippen LogP contribution in [-0.2, 0) is 0 Å². The number of nitrogens with zero attached hydrogens (tertiary/aromatic N) is 3. The zero-order valence-corrected chi connectivity index (χ0v) is 11.7. The van der Waals surface area contributed by atoms with Crippen molar-refractivity contribution in [2.45, 2.75) is 44.6 Å². The van der Waals surface area contributed by atoms with Crippen LogP contribution < -0.4 is 10.2 Å². The number of aliphatic hydroxyl groups excluding tert-OH is 1. The van der Waals surface area contributed by atoms with Crippen molar-refractivity contribution in [2.75, 3.05) is 30.4 Å². The summed E-state index contributed by atoms with van der Waals surface area (Å²) in [6.07, 6.45) is 3.94. The van der Waals surface area contributed by atoms with Crippen LogP contribution in [0.4, 0.5) is 11.6 Å². The second-order valence-electron chi connectivity index (χ2n) is 5.62. The van der Waals surface area contributed by atoms with Gasteiger partial charge in [-0.05, 0) is 32.6 Å². The third kappa shape index (κ3) is 2.52. The van der Waals surface area contributed by atoms with Crippen LogP contribution in [-0.4, -0.2) is 41.3 Å². The van der Waals surface area contributed by atoms with Crippen molar-refractivity contribution in [3.05, 3.63) is 11.4 Å². The SMILES string of the molecule is CNc1nc(C2CC2)nc(N2CCC(O)CC2)c1C. The Bertz CT molecular complexity index is 465. The van der Waals surface area contributed by atoms with Gasteiger partial charge >= 0.3 is 0 Å². The smallest absolute Gasteiger partial charge is 0.137 e. The zero-order chi connectivity index (χ0) is 13.4. The molecule has 104 valence electrons. The van der Waals surface area contributed by atoms with E-state index in [9.17, 15) is 5.11 Å². The van der Waals surface area contributed by atoms with Gasteiger partial charge in [-0.25, -0.2) is 9.97 Å². The van der Waals surface area contributed by atoms with Crippen molar-refractivity contribution in [2.24, 2.45) is 0 Å². The average molecular weight is 262 g/mol. The van der Waals surface area contributed by atoms with Gasteiger partial charge in [-0.1, -0.05) is 0 Å². The van der Waals surface area contributed by atoms with Crippen LogP contribution in [0.2, 0.25) is 0 Å². The van der Waals surface area contributed by atoms with Crippen LogP contribution in [0.15, 0.2) is 0 Å². The normalized spacial score (nSPS) is 20.7. The summed E-state index contributed by atoms with van der Waals surface area (Å²) >= 11 is 0. The van der Waals surface area contributed by atoms with Gasteiger partial charge in [0, 0.05) is 31.6 Å². The van der Waals surface area contributed by atoms with E-state index >= 15 is 0 Å². The van der Waals surface area contributed by atoms with Crippen molar-refractivity contribution in [1.82, 2.24) is 9.97 Å². The van der Waals surface area contributed by atoms with Crippen LogP contribution in [0.1, 0.15) is 43.0 Å². The van der Waals surface area contributed by atoms with Crippen LogP contribution in [0, 0.1) is 6.92 Å². The summed E-state index contributed by atoms with van der Waals surface area (Å²) in [7, 11) is 1.91. The van der Waals surface area contributed by atoms with E-state index in [1.54, 1.807) is 0 Å². The van der Waals surface area contributed by atoms with Gasteiger partial charge in [-0.3, -0.25) is 0 Å². The highest BCUT2D eigenvalue weighted by Gasteiger charge is 2.29. The lowest BCUT2D eigenvalue weighted by molar-refractivity contribution is 0.145. The molecule has 0 bridgehead atoms. The number of aliphatic hydroxyl groups is 1. The maximum absolute atomic E-state index is 9.62. The lowest BCUT2D eigenvalue weighted by Gasteiger charge is -2.32.